The number of benzene rings is 5. The van der Waals surface area contributed by atoms with E-state index in [2.05, 4.69) is 113 Å². The maximum atomic E-state index is 6.12. The maximum absolute atomic E-state index is 6.12. The molecule has 4 aromatic heterocycles. The van der Waals surface area contributed by atoms with E-state index in [4.69, 9.17) is 9.41 Å². The lowest BCUT2D eigenvalue weighted by molar-refractivity contribution is 0.669. The Bertz CT molecular complexity index is 2770. The number of nitrogens with zero attached hydrogens (tertiary/aromatic N) is 2. The van der Waals surface area contributed by atoms with Crippen molar-refractivity contribution < 1.29 is 4.42 Å². The van der Waals surface area contributed by atoms with Crippen molar-refractivity contribution in [3.63, 3.8) is 0 Å². The molecule has 1 aliphatic heterocycles. The second kappa shape index (κ2) is 7.71. The van der Waals surface area contributed by atoms with Crippen LogP contribution >= 0.6 is 11.3 Å². The summed E-state index contributed by atoms with van der Waals surface area (Å²) in [6, 6.07) is 33.0. The lowest BCUT2D eigenvalue weighted by atomic mass is 9.99. The van der Waals surface area contributed by atoms with Crippen LogP contribution in [0.15, 0.2) is 125 Å². The number of hydrogen-bond donors (Lipinski definition) is 1. The van der Waals surface area contributed by atoms with Crippen molar-refractivity contribution in [3.8, 4) is 11.1 Å². The van der Waals surface area contributed by atoms with E-state index in [1.807, 2.05) is 23.5 Å². The van der Waals surface area contributed by atoms with E-state index in [1.54, 1.807) is 0 Å². The first kappa shape index (κ1) is 22.2. The van der Waals surface area contributed by atoms with E-state index >= 15 is 0 Å². The van der Waals surface area contributed by atoms with Gasteiger partial charge < -0.3 is 9.73 Å². The fourth-order valence-electron chi connectivity index (χ4n) is 7.39. The third-order valence-corrected chi connectivity index (χ3v) is 10.5. The zero-order chi connectivity index (χ0) is 27.8. The predicted octanol–water partition coefficient (Wildman–Crippen LogP) is 10.6. The summed E-state index contributed by atoms with van der Waals surface area (Å²) in [5.74, 6) is 0.983. The fourth-order valence-corrected chi connectivity index (χ4v) is 8.64. The SMILES string of the molecule is C1=CC2=Nc3c(c4cc5c6ccccc6sc5c5c6ccc(-c7ccc8oc9ccccc9c8c7)cc6n3c45)NC2C=C1. The lowest BCUT2D eigenvalue weighted by Gasteiger charge is -2.23. The highest BCUT2D eigenvalue weighted by atomic mass is 32.1. The van der Waals surface area contributed by atoms with Gasteiger partial charge in [0.25, 0.3) is 0 Å². The summed E-state index contributed by atoms with van der Waals surface area (Å²) in [4.78, 5) is 5.29. The minimum atomic E-state index is 0.0802. The zero-order valence-electron chi connectivity index (χ0n) is 22.8. The molecular formula is C38H21N3OS. The van der Waals surface area contributed by atoms with E-state index in [-0.39, 0.29) is 6.04 Å². The minimum Gasteiger partial charge on any atom is -0.456 e. The summed E-state index contributed by atoms with van der Waals surface area (Å²) in [7, 11) is 0. The van der Waals surface area contributed by atoms with Crippen molar-refractivity contribution in [1.29, 1.82) is 0 Å². The molecule has 0 saturated carbocycles. The first-order chi connectivity index (χ1) is 21.3. The van der Waals surface area contributed by atoms with E-state index in [9.17, 15) is 0 Å². The monoisotopic (exact) mass is 567 g/mol. The fraction of sp³-hybridized carbons (Fsp3) is 0.0263. The van der Waals surface area contributed by atoms with Crippen LogP contribution in [0.1, 0.15) is 0 Å². The molecule has 1 aliphatic carbocycles. The smallest absolute Gasteiger partial charge is 0.162 e. The maximum Gasteiger partial charge on any atom is 0.162 e. The van der Waals surface area contributed by atoms with Crippen LogP contribution in [-0.4, -0.2) is 16.2 Å². The molecule has 1 unspecified atom stereocenters. The number of allylic oxidation sites excluding steroid dienone is 2. The summed E-state index contributed by atoms with van der Waals surface area (Å²) >= 11 is 1.89. The number of hydrogen-bond acceptors (Lipinski definition) is 4. The molecule has 11 rings (SSSR count). The quantitative estimate of drug-likeness (QED) is 0.214. The summed E-state index contributed by atoms with van der Waals surface area (Å²) in [6.07, 6.45) is 8.49. The predicted molar refractivity (Wildman–Crippen MR) is 182 cm³/mol. The molecule has 5 heteroatoms. The van der Waals surface area contributed by atoms with E-state index < -0.39 is 0 Å². The van der Waals surface area contributed by atoms with Crippen LogP contribution in [0.5, 0.6) is 0 Å². The highest BCUT2D eigenvalue weighted by Crippen LogP contribution is 2.52. The average Bonchev–Trinajstić information content (AvgIpc) is 3.79. The number of nitrogens with one attached hydrogen (secondary N) is 1. The van der Waals surface area contributed by atoms with Crippen molar-refractivity contribution in [3.05, 3.63) is 115 Å². The van der Waals surface area contributed by atoms with E-state index in [0.717, 1.165) is 39.2 Å². The van der Waals surface area contributed by atoms with Crippen LogP contribution in [0.25, 0.3) is 80.4 Å². The standard InChI is InChI=1S/C38H21N3OS/c1-5-11-31-22(7-1)25-17-20(14-16-32(25)42-31)21-13-15-24-30(18-21)41-36-27(35-38(41)40-29-10-4-3-9-28(29)39-35)19-26-23-8-2-6-12-33(23)43-37(26)34(24)36/h1-19,28,39H. The Morgan fingerprint density at radius 2 is 1.56 bits per heavy atom. The van der Waals surface area contributed by atoms with Crippen molar-refractivity contribution >= 4 is 97.9 Å². The molecule has 4 nitrogen and oxygen atoms in total. The van der Waals surface area contributed by atoms with Gasteiger partial charge in [-0.2, -0.15) is 0 Å². The molecule has 0 saturated heterocycles. The first-order valence-electron chi connectivity index (χ1n) is 14.6. The Balaban J connectivity index is 1.26. The van der Waals surface area contributed by atoms with Crippen molar-refractivity contribution in [1.82, 2.24) is 4.40 Å². The summed E-state index contributed by atoms with van der Waals surface area (Å²) in [5.41, 5.74) is 8.77. The number of furan rings is 1. The van der Waals surface area contributed by atoms with Crippen LogP contribution < -0.4 is 5.32 Å². The summed E-state index contributed by atoms with van der Waals surface area (Å²) in [5, 5.41) is 12.6. The van der Waals surface area contributed by atoms with Gasteiger partial charge in [0, 0.05) is 47.1 Å². The number of rotatable bonds is 1. The normalized spacial score (nSPS) is 16.3. The van der Waals surface area contributed by atoms with Crippen LogP contribution in [0.4, 0.5) is 11.5 Å². The molecule has 0 spiro atoms. The Morgan fingerprint density at radius 1 is 0.721 bits per heavy atom. The third kappa shape index (κ3) is 2.78. The number of aliphatic imine (C=N–C) groups is 1. The zero-order valence-corrected chi connectivity index (χ0v) is 23.6. The molecule has 5 aromatic carbocycles. The average molecular weight is 568 g/mol. The van der Waals surface area contributed by atoms with Gasteiger partial charge in [0.2, 0.25) is 0 Å². The van der Waals surface area contributed by atoms with E-state index in [0.29, 0.717) is 0 Å². The van der Waals surface area contributed by atoms with Gasteiger partial charge in [0.05, 0.1) is 28.5 Å². The van der Waals surface area contributed by atoms with Gasteiger partial charge in [-0.3, -0.25) is 4.40 Å². The van der Waals surface area contributed by atoms with Gasteiger partial charge in [-0.15, -0.1) is 11.3 Å². The molecule has 0 radical (unpaired) electrons. The second-order valence-electron chi connectivity index (χ2n) is 11.6. The summed E-state index contributed by atoms with van der Waals surface area (Å²) in [6.45, 7) is 0. The van der Waals surface area contributed by atoms with Gasteiger partial charge in [-0.25, -0.2) is 4.99 Å². The molecule has 0 fully saturated rings. The molecule has 200 valence electrons. The number of thiophene rings is 1. The molecule has 9 aromatic rings. The van der Waals surface area contributed by atoms with Crippen LogP contribution in [0, 0.1) is 0 Å². The number of anilines is 1. The summed E-state index contributed by atoms with van der Waals surface area (Å²) < 4.78 is 11.2. The molecule has 2 aliphatic rings. The molecule has 0 bridgehead atoms. The molecule has 1 atom stereocenters. The molecule has 1 N–H and O–H groups in total. The molecular weight excluding hydrogens is 547 g/mol. The largest absolute Gasteiger partial charge is 0.456 e. The number of aromatic nitrogens is 1. The Morgan fingerprint density at radius 3 is 2.53 bits per heavy atom. The third-order valence-electron chi connectivity index (χ3n) is 9.32. The van der Waals surface area contributed by atoms with Crippen molar-refractivity contribution in [2.75, 3.05) is 5.32 Å². The van der Waals surface area contributed by atoms with Gasteiger partial charge in [0.15, 0.2) is 5.82 Å². The van der Waals surface area contributed by atoms with Crippen molar-refractivity contribution in [2.24, 2.45) is 4.99 Å². The second-order valence-corrected chi connectivity index (χ2v) is 12.7. The highest BCUT2D eigenvalue weighted by molar-refractivity contribution is 7.26. The van der Waals surface area contributed by atoms with Gasteiger partial charge in [-0.1, -0.05) is 72.8 Å². The van der Waals surface area contributed by atoms with Gasteiger partial charge in [-0.05, 0) is 53.6 Å². The Hall–Kier alpha value is -5.39. The molecule has 43 heavy (non-hydrogen) atoms. The van der Waals surface area contributed by atoms with Crippen LogP contribution in [0.2, 0.25) is 0 Å². The van der Waals surface area contributed by atoms with Crippen LogP contribution in [0.3, 0.4) is 0 Å². The minimum absolute atomic E-state index is 0.0802. The first-order valence-corrected chi connectivity index (χ1v) is 15.4. The number of fused-ring (bicyclic) bond motifs is 14. The number of para-hydroxylation sites is 1. The van der Waals surface area contributed by atoms with Crippen LogP contribution in [-0.2, 0) is 0 Å². The Kier molecular flexibility index (Phi) is 3.99. The highest BCUT2D eigenvalue weighted by Gasteiger charge is 2.30. The lowest BCUT2D eigenvalue weighted by Crippen LogP contribution is -2.29. The molecule has 0 amide bonds. The molecule has 5 heterocycles. The Labute approximate surface area is 248 Å². The van der Waals surface area contributed by atoms with Crippen molar-refractivity contribution in [2.45, 2.75) is 6.04 Å². The van der Waals surface area contributed by atoms with E-state index in [1.165, 1.54) is 58.5 Å². The van der Waals surface area contributed by atoms with Gasteiger partial charge >= 0.3 is 0 Å². The topological polar surface area (TPSA) is 41.9 Å². The van der Waals surface area contributed by atoms with Gasteiger partial charge in [0.1, 0.15) is 11.2 Å².